The number of aryl methyl sites for hydroxylation is 4. The maximum atomic E-state index is 12.9. The lowest BCUT2D eigenvalue weighted by Crippen LogP contribution is -2.51. The number of imide groups is 3. The summed E-state index contributed by atoms with van der Waals surface area (Å²) in [6.45, 7) is 20.9. The molecule has 3 aromatic heterocycles. The molecular formula is C72H89BrN12O15. The number of rotatable bonds is 9. The van der Waals surface area contributed by atoms with Crippen molar-refractivity contribution < 1.29 is 57.4 Å². The molecule has 6 aromatic rings. The number of fused-ring (bicyclic) bond motifs is 3. The average Bonchev–Trinajstić information content (AvgIpc) is 1.62. The highest BCUT2D eigenvalue weighted by atomic mass is 79.9. The maximum Gasteiger partial charge on any atom is 0.410 e. The van der Waals surface area contributed by atoms with E-state index in [0.717, 1.165) is 78.5 Å². The van der Waals surface area contributed by atoms with E-state index in [1.807, 2.05) is 105 Å². The number of carbonyl (C=O) groups is 9. The molecule has 0 aliphatic carbocycles. The molecule has 0 bridgehead atoms. The summed E-state index contributed by atoms with van der Waals surface area (Å²) in [6, 6.07) is 14.8. The second-order valence-corrected chi connectivity index (χ2v) is 30.2. The molecule has 12 rings (SSSR count). The quantitative estimate of drug-likeness (QED) is 0.0722. The minimum absolute atomic E-state index is 0.204. The predicted octanol–water partition coefficient (Wildman–Crippen LogP) is 7.39. The van der Waals surface area contributed by atoms with Gasteiger partial charge in [-0.05, 0) is 161 Å². The molecular weight excluding hydrogens is 1350 g/mol. The number of nitrogens with one attached hydrogen (secondary N) is 3. The Balaban J connectivity index is 0.000000163. The largest absolute Gasteiger partial charge is 0.444 e. The third kappa shape index (κ3) is 17.8. The van der Waals surface area contributed by atoms with Gasteiger partial charge in [0.1, 0.15) is 34.9 Å². The first kappa shape index (κ1) is 74.5. The van der Waals surface area contributed by atoms with E-state index >= 15 is 0 Å². The van der Waals surface area contributed by atoms with Crippen LogP contribution in [-0.2, 0) is 70.5 Å². The van der Waals surface area contributed by atoms with E-state index in [1.54, 1.807) is 52.5 Å². The molecule has 9 heterocycles. The van der Waals surface area contributed by atoms with Crippen LogP contribution in [-0.4, -0.2) is 152 Å². The van der Waals surface area contributed by atoms with Crippen LogP contribution in [0.3, 0.4) is 0 Å². The molecule has 534 valence electrons. The lowest BCUT2D eigenvalue weighted by atomic mass is 9.93. The number of hydrogen-bond donors (Lipinski definition) is 3. The van der Waals surface area contributed by atoms with Crippen molar-refractivity contribution in [2.24, 2.45) is 38.9 Å². The molecule has 0 saturated carbocycles. The summed E-state index contributed by atoms with van der Waals surface area (Å²) >= 11 is 3.37. The van der Waals surface area contributed by atoms with Gasteiger partial charge in [-0.15, -0.1) is 12.3 Å². The fourth-order valence-electron chi connectivity index (χ4n) is 12.7. The van der Waals surface area contributed by atoms with Gasteiger partial charge in [-0.3, -0.25) is 72.1 Å². The summed E-state index contributed by atoms with van der Waals surface area (Å²) in [4.78, 5) is 149. The highest BCUT2D eigenvalue weighted by molar-refractivity contribution is 9.10. The lowest BCUT2D eigenvalue weighted by molar-refractivity contribution is -0.137. The minimum atomic E-state index is -0.706. The highest BCUT2D eigenvalue weighted by Crippen LogP contribution is 2.30. The molecule has 3 aromatic carbocycles. The third-order valence-electron chi connectivity index (χ3n) is 17.8. The van der Waals surface area contributed by atoms with Gasteiger partial charge in [0.05, 0.1) is 33.1 Å². The summed E-state index contributed by atoms with van der Waals surface area (Å²) in [6.07, 6.45) is 10.3. The van der Waals surface area contributed by atoms with Gasteiger partial charge >= 0.3 is 35.3 Å². The molecule has 0 spiro atoms. The molecule has 6 aliphatic rings. The molecule has 27 nitrogen and oxygen atoms in total. The van der Waals surface area contributed by atoms with Crippen LogP contribution in [0.2, 0.25) is 0 Å². The number of piperidine rings is 3. The molecule has 0 radical (unpaired) electrons. The zero-order valence-electron chi connectivity index (χ0n) is 58.8. The zero-order valence-corrected chi connectivity index (χ0v) is 60.4. The molecule has 6 aliphatic heterocycles. The number of aromatic nitrogens is 6. The van der Waals surface area contributed by atoms with E-state index in [4.69, 9.17) is 20.6 Å². The van der Waals surface area contributed by atoms with Crippen LogP contribution in [0.4, 0.5) is 14.4 Å². The topological polar surface area (TPSA) is 308 Å². The predicted molar refractivity (Wildman–Crippen MR) is 375 cm³/mol. The number of benzene rings is 3. The molecule has 9 amide bonds. The summed E-state index contributed by atoms with van der Waals surface area (Å²) in [5.41, 5.74) is 3.92. The Labute approximate surface area is 587 Å². The van der Waals surface area contributed by atoms with Gasteiger partial charge in [-0.25, -0.2) is 28.8 Å². The van der Waals surface area contributed by atoms with Crippen LogP contribution in [0.5, 0.6) is 0 Å². The number of terminal acetylenes is 1. The molecule has 3 atom stereocenters. The van der Waals surface area contributed by atoms with Crippen molar-refractivity contribution in [3.8, 4) is 24.2 Å². The first-order valence-electron chi connectivity index (χ1n) is 33.6. The fraction of sp³-hybridized carbons (Fsp3) is 0.528. The molecule has 3 unspecified atom stereocenters. The second kappa shape index (κ2) is 30.4. The number of imidazole rings is 3. The molecule has 3 N–H and O–H groups in total. The number of ether oxygens (including phenoxy) is 3. The van der Waals surface area contributed by atoms with Crippen molar-refractivity contribution in [1.29, 1.82) is 0 Å². The molecule has 6 fully saturated rings. The maximum absolute atomic E-state index is 12.9. The van der Waals surface area contributed by atoms with Gasteiger partial charge < -0.3 is 28.9 Å². The van der Waals surface area contributed by atoms with Crippen molar-refractivity contribution in [2.75, 3.05) is 39.3 Å². The van der Waals surface area contributed by atoms with Crippen molar-refractivity contribution in [2.45, 2.75) is 168 Å². The molecule has 6 saturated heterocycles. The van der Waals surface area contributed by atoms with E-state index < -0.39 is 52.7 Å². The van der Waals surface area contributed by atoms with E-state index in [0.29, 0.717) is 78.6 Å². The van der Waals surface area contributed by atoms with Crippen LogP contribution in [0.25, 0.3) is 33.1 Å². The molecule has 100 heavy (non-hydrogen) atoms. The monoisotopic (exact) mass is 1440 g/mol. The number of carbonyl (C=O) groups excluding carboxylic acids is 9. The number of likely N-dealkylation sites (tertiary alicyclic amines) is 3. The van der Waals surface area contributed by atoms with Crippen molar-refractivity contribution in [3.05, 3.63) is 102 Å². The van der Waals surface area contributed by atoms with Crippen LogP contribution in [0.15, 0.2) is 73.5 Å². The van der Waals surface area contributed by atoms with Crippen LogP contribution in [0, 0.1) is 41.9 Å². The summed E-state index contributed by atoms with van der Waals surface area (Å²) < 4.78 is 25.8. The molecule has 28 heteroatoms. The van der Waals surface area contributed by atoms with Crippen LogP contribution < -0.4 is 33.0 Å². The number of hydrogen-bond acceptors (Lipinski definition) is 15. The Kier molecular flexibility index (Phi) is 22.7. The Morgan fingerprint density at radius 3 is 1.24 bits per heavy atom. The van der Waals surface area contributed by atoms with Gasteiger partial charge in [0, 0.05) is 114 Å². The van der Waals surface area contributed by atoms with E-state index in [1.165, 1.54) is 22.8 Å². The van der Waals surface area contributed by atoms with Crippen LogP contribution >= 0.6 is 15.9 Å². The summed E-state index contributed by atoms with van der Waals surface area (Å²) in [7, 11) is 5.03. The van der Waals surface area contributed by atoms with Gasteiger partial charge in [0.25, 0.3) is 0 Å². The Bertz CT molecular complexity index is 4510. The normalized spacial score (nSPS) is 19.0. The van der Waals surface area contributed by atoms with E-state index in [-0.39, 0.29) is 72.3 Å². The van der Waals surface area contributed by atoms with Gasteiger partial charge in [-0.2, -0.15) is 0 Å². The first-order valence-corrected chi connectivity index (χ1v) is 34.4. The van der Waals surface area contributed by atoms with Crippen molar-refractivity contribution in [3.63, 3.8) is 0 Å². The minimum Gasteiger partial charge on any atom is -0.444 e. The number of nitrogens with zero attached hydrogens (tertiary/aromatic N) is 9. The summed E-state index contributed by atoms with van der Waals surface area (Å²) in [5.74, 6) is 7.96. The standard InChI is InChI=1S/C24H32N4O5.C24H28N4O5.C13H12BrN3O3.C11H17NO2/c2*1-24(2,3)33-23(32)27-13-16(14-27)7-5-6-15-8-9-17-19(12-15)26(4)22(31)28(17)18-10-11-20(29)25-21(18)30;1-16-10-6-7(14)2-3-8(10)17(13(16)20)9-4-5-11(18)15-12(9)19;1-5-6-9-7-12(8-9)10(13)14-11(2,3)4/h8-9,12,16,18H,5-7,10-11,13-14H2,1-4H3,(H,25,29,30);8-9,12,16,18H,7,10-11,13-14H2,1-4H3,(H,25,29,30);2-3,6,9H,4-5H2,1H3,(H,15,18,19);1,9H,6-8H2,2-4H3. The number of halogens is 1. The van der Waals surface area contributed by atoms with Gasteiger partial charge in [0.15, 0.2) is 0 Å². The second-order valence-electron chi connectivity index (χ2n) is 29.3. The average molecular weight is 1440 g/mol. The SMILES string of the molecule is C#CCC1CN(C(=O)OC(C)(C)C)C1.Cn1c(=O)n(C2CCC(=O)NC2=O)c2ccc(Br)cc21.Cn1c(=O)n(C2CCC(=O)NC2=O)c2ccc(C#CCC3CN(C(=O)OC(C)(C)C)C3)cc21.Cn1c(=O)n(C2CCC(=O)NC2=O)c2ccc(CCCC3CN(C(=O)OC(C)(C)C)C3)cc21. The lowest BCUT2D eigenvalue weighted by Gasteiger charge is -2.39. The fourth-order valence-corrected chi connectivity index (χ4v) is 13.0. The third-order valence-corrected chi connectivity index (χ3v) is 18.3. The summed E-state index contributed by atoms with van der Waals surface area (Å²) in [5, 5.41) is 6.93. The van der Waals surface area contributed by atoms with E-state index in [2.05, 4.69) is 49.6 Å². The highest BCUT2D eigenvalue weighted by Gasteiger charge is 2.38. The Morgan fingerprint density at radius 2 is 0.850 bits per heavy atom. The van der Waals surface area contributed by atoms with Crippen molar-refractivity contribution in [1.82, 2.24) is 58.1 Å². The Morgan fingerprint density at radius 1 is 0.490 bits per heavy atom. The smallest absolute Gasteiger partial charge is 0.410 e. The number of amides is 9. The van der Waals surface area contributed by atoms with Crippen molar-refractivity contribution >= 4 is 103 Å². The Hall–Kier alpha value is -9.70. The van der Waals surface area contributed by atoms with E-state index in [9.17, 15) is 57.5 Å². The first-order chi connectivity index (χ1) is 47.0. The zero-order chi connectivity index (χ0) is 73.0. The van der Waals surface area contributed by atoms with Gasteiger partial charge in [-0.1, -0.05) is 33.8 Å². The van der Waals surface area contributed by atoms with Crippen LogP contribution in [0.1, 0.15) is 156 Å². The van der Waals surface area contributed by atoms with Gasteiger partial charge in [0.2, 0.25) is 35.4 Å².